The molecular weight excluding hydrogens is 786 g/mol. The second kappa shape index (κ2) is 16.2. The van der Waals surface area contributed by atoms with Crippen LogP contribution in [0.15, 0.2) is 36.4 Å². The molecular formula is C42H54ClN5O9S. The monoisotopic (exact) mass is 839 g/mol. The van der Waals surface area contributed by atoms with Crippen molar-refractivity contribution >= 4 is 56.2 Å². The molecule has 1 saturated heterocycles. The predicted octanol–water partition coefficient (Wildman–Crippen LogP) is 5.41. The molecule has 3 N–H and O–H groups in total. The molecule has 2 aliphatic heterocycles. The summed E-state index contributed by atoms with van der Waals surface area (Å²) in [4.78, 5) is 63.0. The molecule has 2 aromatic rings. The van der Waals surface area contributed by atoms with Crippen molar-refractivity contribution in [1.82, 2.24) is 25.2 Å². The summed E-state index contributed by atoms with van der Waals surface area (Å²) in [6, 6.07) is 4.93. The highest BCUT2D eigenvalue weighted by Gasteiger charge is 2.62. The van der Waals surface area contributed by atoms with Gasteiger partial charge >= 0.3 is 6.09 Å². The number of halogens is 1. The predicted molar refractivity (Wildman–Crippen MR) is 215 cm³/mol. The second-order valence-electron chi connectivity index (χ2n) is 17.6. The first kappa shape index (κ1) is 40.7. The number of fused-ring (bicyclic) bond motifs is 4. The second-order valence-corrected chi connectivity index (χ2v) is 19.9. The molecule has 16 heteroatoms. The molecule has 1 aromatic heterocycles. The quantitative estimate of drug-likeness (QED) is 0.262. The van der Waals surface area contributed by atoms with Gasteiger partial charge in [-0.15, -0.1) is 0 Å². The number of amides is 4. The van der Waals surface area contributed by atoms with E-state index in [2.05, 4.69) is 27.3 Å². The highest BCUT2D eigenvalue weighted by Crippen LogP contribution is 2.52. The van der Waals surface area contributed by atoms with Crippen LogP contribution < -0.4 is 24.8 Å². The van der Waals surface area contributed by atoms with Crippen molar-refractivity contribution in [2.24, 2.45) is 29.6 Å². The summed E-state index contributed by atoms with van der Waals surface area (Å²) in [7, 11) is -3.91. The number of hydrogen-bond acceptors (Lipinski definition) is 10. The van der Waals surface area contributed by atoms with Crippen molar-refractivity contribution in [3.05, 3.63) is 41.4 Å². The zero-order chi connectivity index (χ0) is 40.9. The van der Waals surface area contributed by atoms with Crippen molar-refractivity contribution in [3.63, 3.8) is 0 Å². The maximum atomic E-state index is 15.0. The number of nitrogens with zero attached hydrogens (tertiary/aromatic N) is 2. The van der Waals surface area contributed by atoms with Crippen LogP contribution in [0.25, 0.3) is 10.8 Å². The number of rotatable bonds is 10. The van der Waals surface area contributed by atoms with E-state index >= 15 is 0 Å². The normalized spacial score (nSPS) is 34.0. The molecule has 1 aromatic carbocycles. The number of sulfonamides is 1. The van der Waals surface area contributed by atoms with Crippen molar-refractivity contribution in [2.75, 3.05) is 13.2 Å². The summed E-state index contributed by atoms with van der Waals surface area (Å²) < 4.78 is 46.4. The Morgan fingerprint density at radius 2 is 1.81 bits per heavy atom. The topological polar surface area (TPSA) is 182 Å². The lowest BCUT2D eigenvalue weighted by Gasteiger charge is -2.33. The van der Waals surface area contributed by atoms with Crippen LogP contribution in [0, 0.1) is 29.6 Å². The summed E-state index contributed by atoms with van der Waals surface area (Å²) >= 11 is 6.61. The van der Waals surface area contributed by atoms with Gasteiger partial charge < -0.3 is 29.7 Å². The van der Waals surface area contributed by atoms with Gasteiger partial charge in [-0.1, -0.05) is 50.6 Å². The average molecular weight is 840 g/mol. The van der Waals surface area contributed by atoms with E-state index in [1.54, 1.807) is 18.2 Å². The number of ether oxygens (including phenoxy) is 3. The van der Waals surface area contributed by atoms with E-state index in [0.29, 0.717) is 65.8 Å². The molecule has 2 unspecified atom stereocenters. The van der Waals surface area contributed by atoms with Gasteiger partial charge in [-0.2, -0.15) is 4.98 Å². The van der Waals surface area contributed by atoms with Crippen molar-refractivity contribution in [2.45, 2.75) is 126 Å². The molecule has 4 amide bonds. The van der Waals surface area contributed by atoms with Crippen LogP contribution in [0.5, 0.6) is 11.8 Å². The molecule has 14 nitrogen and oxygen atoms in total. The Morgan fingerprint density at radius 1 is 1.03 bits per heavy atom. The molecule has 4 aliphatic carbocycles. The van der Waals surface area contributed by atoms with E-state index in [4.69, 9.17) is 25.8 Å². The van der Waals surface area contributed by atoms with Crippen LogP contribution in [0.3, 0.4) is 0 Å². The van der Waals surface area contributed by atoms with Crippen LogP contribution in [-0.4, -0.2) is 90.3 Å². The maximum absolute atomic E-state index is 15.0. The Hall–Kier alpha value is -4.11. The summed E-state index contributed by atoms with van der Waals surface area (Å²) in [6.45, 7) is 6.38. The van der Waals surface area contributed by atoms with Gasteiger partial charge in [-0.25, -0.2) is 13.2 Å². The zero-order valence-electron chi connectivity index (χ0n) is 33.3. The fourth-order valence-corrected chi connectivity index (χ4v) is 10.9. The van der Waals surface area contributed by atoms with Gasteiger partial charge in [0, 0.05) is 34.2 Å². The largest absolute Gasteiger partial charge is 0.478 e. The highest BCUT2D eigenvalue weighted by molar-refractivity contribution is 7.91. The van der Waals surface area contributed by atoms with E-state index < -0.39 is 68.7 Å². The van der Waals surface area contributed by atoms with E-state index in [9.17, 15) is 27.6 Å². The molecule has 6 aliphatic rings. The number of nitrogens with one attached hydrogen (secondary N) is 3. The summed E-state index contributed by atoms with van der Waals surface area (Å²) in [6.07, 6.45) is 9.03. The van der Waals surface area contributed by atoms with Gasteiger partial charge in [0.05, 0.1) is 18.4 Å². The van der Waals surface area contributed by atoms with Crippen LogP contribution in [-0.2, 0) is 29.1 Å². The van der Waals surface area contributed by atoms with Crippen LogP contribution in [0.4, 0.5) is 4.79 Å². The summed E-state index contributed by atoms with van der Waals surface area (Å²) in [5.41, 5.74) is -1.52. The summed E-state index contributed by atoms with van der Waals surface area (Å²) in [5.74, 6) is -0.788. The lowest BCUT2D eigenvalue weighted by molar-refractivity contribution is -0.142. The molecule has 3 heterocycles. The molecule has 4 saturated carbocycles. The minimum atomic E-state index is -3.91. The minimum Gasteiger partial charge on any atom is -0.478 e. The number of benzene rings is 1. The van der Waals surface area contributed by atoms with E-state index in [1.807, 2.05) is 32.1 Å². The number of hydrogen-bond donors (Lipinski definition) is 3. The molecule has 5 fully saturated rings. The van der Waals surface area contributed by atoms with Gasteiger partial charge in [0.15, 0.2) is 0 Å². The number of carbonyl (C=O) groups is 4. The lowest BCUT2D eigenvalue weighted by atomic mass is 9.88. The molecule has 314 valence electrons. The number of allylic oxidation sites excluding steroid dienone is 1. The average Bonchev–Trinajstić information content (AvgIpc) is 4.14. The standard InChI is InChI=1S/C42H54ClN5O9S/c1-4-14-55-35-20-32-31(10-7-11-33(32)43)38(44-35)56-29-19-34-37(49)46-42(40(51)47-58(53,54)30-12-13-30)21-27(42)9-6-5-8-23(2)15-24(3)36(39(50)48(34)22-29)45-41(52)57-28-17-25-16-26(25)18-28/h6-7,9-11,20,23-30,34,36H,4-5,8,12-19,21-22H2,1-3H3,(H,45,52)(H,46,49)(H,47,51)/b9-6-/t23-,24-,25-,26+,27?,28?,29-,34+,36+,42-/m1/s1. The van der Waals surface area contributed by atoms with E-state index in [1.165, 1.54) is 11.3 Å². The Balaban J connectivity index is 1.11. The Morgan fingerprint density at radius 3 is 2.55 bits per heavy atom. The Kier molecular flexibility index (Phi) is 11.3. The number of aromatic nitrogens is 1. The Bertz CT molecular complexity index is 2090. The maximum Gasteiger partial charge on any atom is 0.408 e. The van der Waals surface area contributed by atoms with E-state index in [0.717, 1.165) is 25.7 Å². The fraction of sp³-hybridized carbons (Fsp3) is 0.643. The van der Waals surface area contributed by atoms with Crippen LogP contribution in [0.2, 0.25) is 5.02 Å². The number of alkyl carbamates (subject to hydrolysis) is 1. The molecule has 0 spiro atoms. The van der Waals surface area contributed by atoms with Gasteiger partial charge in [0.2, 0.25) is 33.6 Å². The van der Waals surface area contributed by atoms with Gasteiger partial charge in [-0.05, 0) is 100 Å². The molecule has 10 atom stereocenters. The first-order chi connectivity index (χ1) is 27.7. The summed E-state index contributed by atoms with van der Waals surface area (Å²) in [5, 5.41) is 6.94. The molecule has 58 heavy (non-hydrogen) atoms. The molecule has 0 radical (unpaired) electrons. The van der Waals surface area contributed by atoms with Crippen molar-refractivity contribution in [3.8, 4) is 11.8 Å². The first-order valence-corrected chi connectivity index (χ1v) is 22.9. The third-order valence-corrected chi connectivity index (χ3v) is 15.0. The highest BCUT2D eigenvalue weighted by atomic mass is 35.5. The van der Waals surface area contributed by atoms with Crippen LogP contribution >= 0.6 is 11.6 Å². The smallest absolute Gasteiger partial charge is 0.408 e. The van der Waals surface area contributed by atoms with Crippen molar-refractivity contribution in [1.29, 1.82) is 0 Å². The first-order valence-electron chi connectivity index (χ1n) is 21.0. The number of carbonyl (C=O) groups excluding carboxylic acids is 4. The zero-order valence-corrected chi connectivity index (χ0v) is 34.9. The van der Waals surface area contributed by atoms with Gasteiger partial charge in [0.1, 0.15) is 29.8 Å². The Labute approximate surface area is 344 Å². The van der Waals surface area contributed by atoms with Gasteiger partial charge in [-0.3, -0.25) is 19.1 Å². The van der Waals surface area contributed by atoms with Crippen molar-refractivity contribution < 1.29 is 41.8 Å². The SMILES string of the molecule is CCCOc1cc2c(Cl)cccc2c(O[C@@H]2C[C@H]3C(=O)N[C@]4(C(=O)NS(=O)(=O)C5CC5)CC4/C=C\CC[C@@H](C)C[C@@H](C)[C@H](NC(=O)OC4C[C@@H]5C[C@@H]5C4)C(=O)N3C2)n1. The third kappa shape index (κ3) is 8.62. The van der Waals surface area contributed by atoms with Gasteiger partial charge in [0.25, 0.3) is 5.91 Å². The third-order valence-electron chi connectivity index (χ3n) is 12.9. The fourth-order valence-electron chi connectivity index (χ4n) is 9.28. The lowest BCUT2D eigenvalue weighted by Crippen LogP contribution is -2.59. The molecule has 8 rings (SSSR count). The van der Waals surface area contributed by atoms with Crippen LogP contribution in [0.1, 0.15) is 91.4 Å². The number of pyridine rings is 1. The minimum absolute atomic E-state index is 0.0206. The molecule has 0 bridgehead atoms. The van der Waals surface area contributed by atoms with E-state index in [-0.39, 0.29) is 43.2 Å².